The summed E-state index contributed by atoms with van der Waals surface area (Å²) in [6.07, 6.45) is 2.96. The fourth-order valence-corrected chi connectivity index (χ4v) is 4.72. The average molecular weight is 380 g/mol. The Hall–Kier alpha value is -2.40. The van der Waals surface area contributed by atoms with E-state index in [1.54, 1.807) is 7.11 Å². The molecule has 1 aromatic carbocycles. The fourth-order valence-electron chi connectivity index (χ4n) is 4.72. The summed E-state index contributed by atoms with van der Waals surface area (Å²) in [6, 6.07) is 10.2. The minimum Gasteiger partial charge on any atom is -0.496 e. The summed E-state index contributed by atoms with van der Waals surface area (Å²) in [4.78, 5) is 19.2. The Kier molecular flexibility index (Phi) is 5.11. The number of nitrogens with zero attached hydrogens (tertiary/aromatic N) is 2. The Morgan fingerprint density at radius 3 is 2.61 bits per heavy atom. The molecule has 2 aromatic rings. The number of pyridine rings is 1. The molecule has 4 rings (SSSR count). The topological polar surface area (TPSA) is 51.7 Å². The Bertz CT molecular complexity index is 851. The normalized spacial score (nSPS) is 18.0. The van der Waals surface area contributed by atoms with Crippen molar-refractivity contribution in [1.82, 2.24) is 9.88 Å². The smallest absolute Gasteiger partial charge is 0.226 e. The molecular weight excluding hydrogens is 352 g/mol. The highest BCUT2D eigenvalue weighted by molar-refractivity contribution is 5.79. The molecular formula is C23H28N2O3. The number of rotatable bonds is 3. The number of hydrogen-bond acceptors (Lipinski definition) is 4. The van der Waals surface area contributed by atoms with Crippen LogP contribution in [0.4, 0.5) is 0 Å². The zero-order chi connectivity index (χ0) is 19.7. The predicted octanol–water partition coefficient (Wildman–Crippen LogP) is 3.34. The minimum atomic E-state index is -0.333. The van der Waals surface area contributed by atoms with Gasteiger partial charge in [0.25, 0.3) is 0 Å². The van der Waals surface area contributed by atoms with Crippen LogP contribution >= 0.6 is 0 Å². The summed E-state index contributed by atoms with van der Waals surface area (Å²) >= 11 is 0. The summed E-state index contributed by atoms with van der Waals surface area (Å²) in [5.41, 5.74) is 5.13. The van der Waals surface area contributed by atoms with Crippen LogP contribution in [-0.2, 0) is 28.0 Å². The highest BCUT2D eigenvalue weighted by Crippen LogP contribution is 2.45. The fraction of sp³-hybridized carbons (Fsp3) is 0.478. The summed E-state index contributed by atoms with van der Waals surface area (Å²) in [5.74, 6) is 1.08. The van der Waals surface area contributed by atoms with E-state index in [4.69, 9.17) is 9.47 Å². The van der Waals surface area contributed by atoms with E-state index in [1.807, 2.05) is 43.0 Å². The molecule has 0 N–H and O–H groups in total. The Morgan fingerprint density at radius 1 is 1.21 bits per heavy atom. The largest absolute Gasteiger partial charge is 0.496 e. The number of carbonyl (C=O) groups is 1. The van der Waals surface area contributed by atoms with Gasteiger partial charge >= 0.3 is 0 Å². The van der Waals surface area contributed by atoms with Crippen molar-refractivity contribution in [3.05, 3.63) is 58.4 Å². The second kappa shape index (κ2) is 7.55. The van der Waals surface area contributed by atoms with E-state index in [-0.39, 0.29) is 11.5 Å². The van der Waals surface area contributed by atoms with Crippen molar-refractivity contribution >= 4 is 5.91 Å². The maximum atomic E-state index is 12.9. The first-order chi connectivity index (χ1) is 13.5. The van der Waals surface area contributed by atoms with Gasteiger partial charge in [0.05, 0.1) is 20.1 Å². The van der Waals surface area contributed by atoms with Gasteiger partial charge in [-0.25, -0.2) is 0 Å². The molecule has 1 spiro atoms. The number of amides is 1. The highest BCUT2D eigenvalue weighted by Gasteiger charge is 2.43. The summed E-state index contributed by atoms with van der Waals surface area (Å²) < 4.78 is 12.0. The van der Waals surface area contributed by atoms with Crippen molar-refractivity contribution in [1.29, 1.82) is 0 Å². The lowest BCUT2D eigenvalue weighted by Crippen LogP contribution is -2.48. The van der Waals surface area contributed by atoms with E-state index in [1.165, 1.54) is 11.1 Å². The molecule has 1 fully saturated rings. The molecule has 0 unspecified atom stereocenters. The van der Waals surface area contributed by atoms with Crippen LogP contribution in [0.1, 0.15) is 40.9 Å². The third kappa shape index (κ3) is 3.51. The number of piperidine rings is 1. The zero-order valence-electron chi connectivity index (χ0n) is 17.0. The molecule has 1 saturated heterocycles. The first-order valence-electron chi connectivity index (χ1n) is 10.0. The maximum absolute atomic E-state index is 12.9. The Morgan fingerprint density at radius 2 is 1.93 bits per heavy atom. The minimum absolute atomic E-state index is 0.177. The van der Waals surface area contributed by atoms with Gasteiger partial charge in [-0.15, -0.1) is 0 Å². The molecule has 0 radical (unpaired) electrons. The number of aryl methyl sites for hydroxylation is 2. The second-order valence-electron chi connectivity index (χ2n) is 7.90. The molecule has 0 bridgehead atoms. The molecule has 5 heteroatoms. The van der Waals surface area contributed by atoms with Crippen LogP contribution < -0.4 is 4.74 Å². The van der Waals surface area contributed by atoms with Crippen molar-refractivity contribution in [2.45, 2.75) is 45.1 Å². The van der Waals surface area contributed by atoms with Crippen LogP contribution in [0.15, 0.2) is 30.3 Å². The molecule has 5 nitrogen and oxygen atoms in total. The summed E-state index contributed by atoms with van der Waals surface area (Å²) in [7, 11) is 1.72. The first-order valence-corrected chi connectivity index (χ1v) is 10.0. The summed E-state index contributed by atoms with van der Waals surface area (Å²) in [5, 5.41) is 0. The van der Waals surface area contributed by atoms with Gasteiger partial charge in [-0.05, 0) is 62.4 Å². The summed E-state index contributed by atoms with van der Waals surface area (Å²) in [6.45, 7) is 6.08. The van der Waals surface area contributed by atoms with Gasteiger partial charge in [0, 0.05) is 30.0 Å². The van der Waals surface area contributed by atoms with E-state index in [0.717, 1.165) is 48.6 Å². The quantitative estimate of drug-likeness (QED) is 0.820. The van der Waals surface area contributed by atoms with Crippen molar-refractivity contribution in [2.75, 3.05) is 26.8 Å². The number of fused-ring (bicyclic) bond motifs is 2. The second-order valence-corrected chi connectivity index (χ2v) is 7.90. The standard InChI is InChI=1S/C23H28N2O3/c1-16-13-18(14-17(2)24-16)15-21(26)25-10-8-23(9-11-25)22-19(7-12-28-23)5-4-6-20(22)27-3/h4-6,13-14H,7-12,15H2,1-3H3. The van der Waals surface area contributed by atoms with Crippen molar-refractivity contribution in [3.63, 3.8) is 0 Å². The van der Waals surface area contributed by atoms with E-state index in [9.17, 15) is 4.79 Å². The Labute approximate surface area is 166 Å². The number of likely N-dealkylation sites (tertiary alicyclic amines) is 1. The molecule has 0 aliphatic carbocycles. The molecule has 1 amide bonds. The molecule has 0 atom stereocenters. The SMILES string of the molecule is COc1cccc2c1C1(CCN(C(=O)Cc3cc(C)nc(C)c3)CC1)OCC2. The van der Waals surface area contributed by atoms with Crippen molar-refractivity contribution in [3.8, 4) is 5.75 Å². The predicted molar refractivity (Wildman–Crippen MR) is 108 cm³/mol. The average Bonchev–Trinajstić information content (AvgIpc) is 2.67. The number of ether oxygens (including phenoxy) is 2. The molecule has 3 heterocycles. The number of aromatic nitrogens is 1. The monoisotopic (exact) mass is 380 g/mol. The van der Waals surface area contributed by atoms with Gasteiger partial charge in [-0.3, -0.25) is 9.78 Å². The molecule has 148 valence electrons. The molecule has 1 aromatic heterocycles. The third-order valence-corrected chi connectivity index (χ3v) is 5.96. The van der Waals surface area contributed by atoms with Gasteiger partial charge in [0.2, 0.25) is 5.91 Å². The lowest BCUT2D eigenvalue weighted by Gasteiger charge is -2.45. The van der Waals surface area contributed by atoms with Crippen LogP contribution in [0.3, 0.4) is 0 Å². The number of benzene rings is 1. The lowest BCUT2D eigenvalue weighted by atomic mass is 9.78. The van der Waals surface area contributed by atoms with Gasteiger partial charge in [0.15, 0.2) is 0 Å². The lowest BCUT2D eigenvalue weighted by molar-refractivity contribution is -0.140. The van der Waals surface area contributed by atoms with E-state index >= 15 is 0 Å². The number of carbonyl (C=O) groups excluding carboxylic acids is 1. The van der Waals surface area contributed by atoms with Crippen LogP contribution in [0.25, 0.3) is 0 Å². The van der Waals surface area contributed by atoms with E-state index in [0.29, 0.717) is 19.5 Å². The van der Waals surface area contributed by atoms with Gasteiger partial charge in [-0.2, -0.15) is 0 Å². The first kappa shape index (κ1) is 18.9. The van der Waals surface area contributed by atoms with Gasteiger partial charge in [-0.1, -0.05) is 12.1 Å². The van der Waals surface area contributed by atoms with Crippen LogP contribution in [-0.4, -0.2) is 42.6 Å². The number of methoxy groups -OCH3 is 1. The van der Waals surface area contributed by atoms with Gasteiger partial charge in [0.1, 0.15) is 11.4 Å². The molecule has 2 aliphatic rings. The molecule has 28 heavy (non-hydrogen) atoms. The number of hydrogen-bond donors (Lipinski definition) is 0. The van der Waals surface area contributed by atoms with Gasteiger partial charge < -0.3 is 14.4 Å². The third-order valence-electron chi connectivity index (χ3n) is 5.96. The molecule has 0 saturated carbocycles. The zero-order valence-corrected chi connectivity index (χ0v) is 17.0. The molecule has 2 aliphatic heterocycles. The maximum Gasteiger partial charge on any atom is 0.226 e. The van der Waals surface area contributed by atoms with Crippen LogP contribution in [0.2, 0.25) is 0 Å². The van der Waals surface area contributed by atoms with E-state index < -0.39 is 0 Å². The van der Waals surface area contributed by atoms with Crippen LogP contribution in [0.5, 0.6) is 5.75 Å². The van der Waals surface area contributed by atoms with Crippen molar-refractivity contribution in [2.24, 2.45) is 0 Å². The van der Waals surface area contributed by atoms with Crippen molar-refractivity contribution < 1.29 is 14.3 Å². The van der Waals surface area contributed by atoms with E-state index in [2.05, 4.69) is 11.1 Å². The Balaban J connectivity index is 1.49. The van der Waals surface area contributed by atoms with Crippen LogP contribution in [0, 0.1) is 13.8 Å². The highest BCUT2D eigenvalue weighted by atomic mass is 16.5.